The Morgan fingerprint density at radius 1 is 0.964 bits per heavy atom. The minimum absolute atomic E-state index is 0.0214. The van der Waals surface area contributed by atoms with Gasteiger partial charge in [0.15, 0.2) is 0 Å². The Labute approximate surface area is 162 Å². The predicted octanol–water partition coefficient (Wildman–Crippen LogP) is 4.34. The van der Waals surface area contributed by atoms with Crippen molar-refractivity contribution in [1.82, 2.24) is 4.98 Å². The maximum absolute atomic E-state index is 11.1. The second kappa shape index (κ2) is 7.30. The summed E-state index contributed by atoms with van der Waals surface area (Å²) in [4.78, 5) is 25.0. The molecule has 0 unspecified atom stereocenters. The summed E-state index contributed by atoms with van der Waals surface area (Å²) in [7, 11) is 0. The van der Waals surface area contributed by atoms with E-state index in [-0.39, 0.29) is 38.9 Å². The predicted molar refractivity (Wildman–Crippen MR) is 103 cm³/mol. The van der Waals surface area contributed by atoms with Crippen LogP contribution in [0.25, 0.3) is 22.4 Å². The highest BCUT2D eigenvalue weighted by atomic mass is 35.5. The lowest BCUT2D eigenvalue weighted by atomic mass is 9.98. The van der Waals surface area contributed by atoms with Crippen LogP contribution in [0.15, 0.2) is 48.5 Å². The third-order valence-electron chi connectivity index (χ3n) is 3.98. The molecule has 0 aliphatic heterocycles. The van der Waals surface area contributed by atoms with Crippen molar-refractivity contribution >= 4 is 28.8 Å². The number of rotatable bonds is 4. The number of pyridine rings is 1. The van der Waals surface area contributed by atoms with Gasteiger partial charge in [0, 0.05) is 46.0 Å². The molecule has 2 aromatic carbocycles. The quantitative estimate of drug-likeness (QED) is 0.509. The van der Waals surface area contributed by atoms with Crippen molar-refractivity contribution in [2.24, 2.45) is 0 Å². The molecular weight excluding hydrogens is 386 g/mol. The molecular formula is C18H10ClN5O4. The first kappa shape index (κ1) is 18.8. The van der Waals surface area contributed by atoms with Crippen molar-refractivity contribution in [2.75, 3.05) is 5.73 Å². The molecule has 0 radical (unpaired) electrons. The maximum atomic E-state index is 11.1. The van der Waals surface area contributed by atoms with Gasteiger partial charge < -0.3 is 5.73 Å². The highest BCUT2D eigenvalue weighted by Crippen LogP contribution is 2.37. The van der Waals surface area contributed by atoms with Crippen molar-refractivity contribution in [3.63, 3.8) is 0 Å². The number of nitro benzene ring substituents is 2. The molecule has 3 rings (SSSR count). The maximum Gasteiger partial charge on any atom is 0.270 e. The largest absolute Gasteiger partial charge is 0.383 e. The first-order chi connectivity index (χ1) is 13.3. The van der Waals surface area contributed by atoms with Gasteiger partial charge in [-0.1, -0.05) is 11.6 Å². The van der Waals surface area contributed by atoms with E-state index in [0.717, 1.165) is 0 Å². The number of anilines is 1. The van der Waals surface area contributed by atoms with Crippen LogP contribution in [-0.2, 0) is 0 Å². The van der Waals surface area contributed by atoms with Gasteiger partial charge in [-0.3, -0.25) is 20.2 Å². The second-order valence-electron chi connectivity index (χ2n) is 5.65. The molecule has 0 spiro atoms. The SMILES string of the molecule is N#Cc1c(-c2cc([N+](=O)[O-])ccc2Cl)cc(-c2ccc([N+](=O)[O-])cc2)nc1N. The standard InChI is InChI=1S/C18H10ClN5O4/c19-16-6-5-12(24(27)28)7-14(16)13-8-17(22-18(21)15(13)9-20)10-1-3-11(4-2-10)23(25)26/h1-8H,(H2,21,22). The van der Waals surface area contributed by atoms with Crippen LogP contribution in [0.1, 0.15) is 5.56 Å². The number of aromatic nitrogens is 1. The zero-order valence-corrected chi connectivity index (χ0v) is 14.8. The van der Waals surface area contributed by atoms with Crippen molar-refractivity contribution in [2.45, 2.75) is 0 Å². The number of halogens is 1. The Morgan fingerprint density at radius 2 is 1.57 bits per heavy atom. The molecule has 3 aromatic rings. The summed E-state index contributed by atoms with van der Waals surface area (Å²) in [5.74, 6) is -0.0871. The van der Waals surface area contributed by atoms with E-state index in [1.165, 1.54) is 48.5 Å². The second-order valence-corrected chi connectivity index (χ2v) is 6.06. The zero-order valence-electron chi connectivity index (χ0n) is 14.0. The van der Waals surface area contributed by atoms with Crippen LogP contribution >= 0.6 is 11.6 Å². The number of nitriles is 1. The summed E-state index contributed by atoms with van der Waals surface area (Å²) in [6, 6.07) is 12.9. The molecule has 0 bridgehead atoms. The molecule has 1 heterocycles. The van der Waals surface area contributed by atoms with Crippen LogP contribution in [0.3, 0.4) is 0 Å². The number of nitrogens with zero attached hydrogens (tertiary/aromatic N) is 4. The number of nitrogen functional groups attached to an aromatic ring is 1. The van der Waals surface area contributed by atoms with Gasteiger partial charge in [0.2, 0.25) is 0 Å². The molecule has 0 saturated heterocycles. The van der Waals surface area contributed by atoms with Gasteiger partial charge in [0.25, 0.3) is 11.4 Å². The number of hydrogen-bond acceptors (Lipinski definition) is 7. The first-order valence-electron chi connectivity index (χ1n) is 7.71. The fraction of sp³-hybridized carbons (Fsp3) is 0. The number of non-ortho nitro benzene ring substituents is 2. The van der Waals surface area contributed by atoms with Gasteiger partial charge in [-0.25, -0.2) is 4.98 Å². The lowest BCUT2D eigenvalue weighted by molar-refractivity contribution is -0.385. The Bertz CT molecular complexity index is 1160. The lowest BCUT2D eigenvalue weighted by Gasteiger charge is -2.11. The van der Waals surface area contributed by atoms with E-state index in [1.807, 2.05) is 6.07 Å². The van der Waals surface area contributed by atoms with Gasteiger partial charge >= 0.3 is 0 Å². The summed E-state index contributed by atoms with van der Waals surface area (Å²) in [5, 5.41) is 31.6. The van der Waals surface area contributed by atoms with Crippen molar-refractivity contribution in [3.8, 4) is 28.5 Å². The van der Waals surface area contributed by atoms with E-state index in [2.05, 4.69) is 4.98 Å². The number of benzene rings is 2. The first-order valence-corrected chi connectivity index (χ1v) is 8.09. The van der Waals surface area contributed by atoms with Gasteiger partial charge in [-0.05, 0) is 24.3 Å². The van der Waals surface area contributed by atoms with Crippen molar-refractivity contribution in [3.05, 3.63) is 79.3 Å². The van der Waals surface area contributed by atoms with Crippen LogP contribution in [-0.4, -0.2) is 14.8 Å². The molecule has 10 heteroatoms. The van der Waals surface area contributed by atoms with E-state index in [0.29, 0.717) is 11.3 Å². The Morgan fingerprint density at radius 3 is 2.14 bits per heavy atom. The zero-order chi connectivity index (χ0) is 20.4. The fourth-order valence-corrected chi connectivity index (χ4v) is 2.85. The molecule has 1 aromatic heterocycles. The highest BCUT2D eigenvalue weighted by molar-refractivity contribution is 6.33. The summed E-state index contributed by atoms with van der Waals surface area (Å²) in [6.07, 6.45) is 0. The van der Waals surface area contributed by atoms with Crippen LogP contribution in [0.2, 0.25) is 5.02 Å². The Kier molecular flexibility index (Phi) is 4.89. The van der Waals surface area contributed by atoms with Gasteiger partial charge in [-0.15, -0.1) is 0 Å². The summed E-state index contributed by atoms with van der Waals surface area (Å²) >= 11 is 6.20. The lowest BCUT2D eigenvalue weighted by Crippen LogP contribution is -2.00. The van der Waals surface area contributed by atoms with Gasteiger partial charge in [-0.2, -0.15) is 5.26 Å². The fourth-order valence-electron chi connectivity index (χ4n) is 2.63. The van der Waals surface area contributed by atoms with Crippen molar-refractivity contribution < 1.29 is 9.85 Å². The minimum atomic E-state index is -0.576. The van der Waals surface area contributed by atoms with Gasteiger partial charge in [0.1, 0.15) is 17.5 Å². The molecule has 0 aliphatic rings. The van der Waals surface area contributed by atoms with E-state index < -0.39 is 9.85 Å². The van der Waals surface area contributed by atoms with Crippen LogP contribution in [0, 0.1) is 31.6 Å². The van der Waals surface area contributed by atoms with Crippen LogP contribution < -0.4 is 5.73 Å². The minimum Gasteiger partial charge on any atom is -0.383 e. The van der Waals surface area contributed by atoms with Crippen LogP contribution in [0.4, 0.5) is 17.2 Å². The van der Waals surface area contributed by atoms with Crippen LogP contribution in [0.5, 0.6) is 0 Å². The summed E-state index contributed by atoms with van der Waals surface area (Å²) < 4.78 is 0. The van der Waals surface area contributed by atoms with Gasteiger partial charge in [0.05, 0.1) is 15.5 Å². The smallest absolute Gasteiger partial charge is 0.270 e. The molecule has 0 atom stereocenters. The molecule has 0 amide bonds. The molecule has 0 saturated carbocycles. The molecule has 2 N–H and O–H groups in total. The monoisotopic (exact) mass is 395 g/mol. The molecule has 9 nitrogen and oxygen atoms in total. The van der Waals surface area contributed by atoms with E-state index in [9.17, 15) is 25.5 Å². The highest BCUT2D eigenvalue weighted by Gasteiger charge is 2.18. The topological polar surface area (TPSA) is 149 Å². The summed E-state index contributed by atoms with van der Waals surface area (Å²) in [6.45, 7) is 0. The average molecular weight is 396 g/mol. The third-order valence-corrected chi connectivity index (χ3v) is 4.31. The normalized spacial score (nSPS) is 10.3. The Hall–Kier alpha value is -4.03. The Balaban J connectivity index is 2.22. The number of nitro groups is 2. The van der Waals surface area contributed by atoms with E-state index in [4.69, 9.17) is 17.3 Å². The van der Waals surface area contributed by atoms with E-state index >= 15 is 0 Å². The molecule has 0 fully saturated rings. The van der Waals surface area contributed by atoms with E-state index in [1.54, 1.807) is 0 Å². The van der Waals surface area contributed by atoms with Crippen molar-refractivity contribution in [1.29, 1.82) is 5.26 Å². The third kappa shape index (κ3) is 3.44. The number of hydrogen-bond donors (Lipinski definition) is 1. The molecule has 28 heavy (non-hydrogen) atoms. The molecule has 0 aliphatic carbocycles. The molecule has 138 valence electrons. The average Bonchev–Trinajstić information content (AvgIpc) is 2.67. The number of nitrogens with two attached hydrogens (primary N) is 1. The summed E-state index contributed by atoms with van der Waals surface area (Å²) in [5.41, 5.74) is 7.03.